The summed E-state index contributed by atoms with van der Waals surface area (Å²) >= 11 is 12.4. The quantitative estimate of drug-likeness (QED) is 0.228. The van der Waals surface area contributed by atoms with Crippen LogP contribution in [0.2, 0.25) is 10.0 Å². The van der Waals surface area contributed by atoms with Gasteiger partial charge in [0.2, 0.25) is 0 Å². The summed E-state index contributed by atoms with van der Waals surface area (Å²) in [5.41, 5.74) is -2.28. The minimum Gasteiger partial charge on any atom is -0.496 e. The first-order valence-electron chi connectivity index (χ1n) is 14.9. The minimum absolute atomic E-state index is 0.0132. The molecule has 2 aliphatic rings. The summed E-state index contributed by atoms with van der Waals surface area (Å²) in [5, 5.41) is 20.8. The maximum Gasteiger partial charge on any atom is 0.339 e. The van der Waals surface area contributed by atoms with Crippen molar-refractivity contribution in [2.45, 2.75) is 57.7 Å². The van der Waals surface area contributed by atoms with Crippen LogP contribution in [0.5, 0.6) is 5.75 Å². The molecule has 0 radical (unpaired) electrons. The second-order valence-electron chi connectivity index (χ2n) is 12.8. The summed E-state index contributed by atoms with van der Waals surface area (Å²) in [5.74, 6) is -3.39. The molecule has 5 rings (SSSR count). The Kier molecular flexibility index (Phi) is 9.15. The largest absolute Gasteiger partial charge is 0.496 e. The van der Waals surface area contributed by atoms with Gasteiger partial charge in [-0.15, -0.1) is 6.58 Å². The molecule has 3 aromatic rings. The van der Waals surface area contributed by atoms with Crippen molar-refractivity contribution in [3.05, 3.63) is 111 Å². The highest BCUT2D eigenvalue weighted by Crippen LogP contribution is 2.58. The van der Waals surface area contributed by atoms with Gasteiger partial charge in [-0.25, -0.2) is 13.6 Å². The van der Waals surface area contributed by atoms with Gasteiger partial charge in [0.1, 0.15) is 40.2 Å². The molecule has 0 bridgehead atoms. The van der Waals surface area contributed by atoms with Gasteiger partial charge in [0.25, 0.3) is 5.91 Å². The molecule has 0 aliphatic carbocycles. The zero-order chi connectivity index (χ0) is 34.4. The van der Waals surface area contributed by atoms with E-state index >= 15 is 8.78 Å². The molecule has 0 unspecified atom stereocenters. The van der Waals surface area contributed by atoms with E-state index in [1.54, 1.807) is 6.08 Å². The Balaban J connectivity index is 1.92. The van der Waals surface area contributed by atoms with Crippen molar-refractivity contribution >= 4 is 46.3 Å². The standard InChI is InChI=1S/C36H33Cl2F2N3O4/c1-6-7-11-29-42(21-13-14-22(34(45)46)27(17-21)47-5)33(44)32-30(23-9-8-10-25(38)31(23)40)36(19-41,24-15-12-20(37)16-26(24)39)28(43(29)32)18-35(2,3)4/h6,8-10,12-17,28-29H,1,7,11,18H2,2-5H3,(H,45,46)/t28-,29+,36-/m0/s1. The summed E-state index contributed by atoms with van der Waals surface area (Å²) < 4.78 is 37.7. The van der Waals surface area contributed by atoms with Crippen LogP contribution in [0.1, 0.15) is 61.5 Å². The van der Waals surface area contributed by atoms with Crippen LogP contribution in [0.4, 0.5) is 14.5 Å². The minimum atomic E-state index is -1.89. The number of amides is 1. The fraction of sp³-hybridized carbons (Fsp3) is 0.306. The average molecular weight is 681 g/mol. The number of hydrogen-bond acceptors (Lipinski definition) is 5. The summed E-state index contributed by atoms with van der Waals surface area (Å²) in [6, 6.07) is 14.1. The van der Waals surface area contributed by atoms with Gasteiger partial charge in [0.05, 0.1) is 24.2 Å². The SMILES string of the molecule is C=CCC[C@@H]1N(c2ccc(C(=O)O)c(OC)c2)C(=O)C2=C(c3cccc(Cl)c3F)[C@@](C#N)(c3ccc(Cl)cc3F)[C@H](CC(C)(C)C)N21. The van der Waals surface area contributed by atoms with Crippen LogP contribution in [0.15, 0.2) is 72.9 Å². The Labute approximate surface area is 282 Å². The third kappa shape index (κ3) is 5.64. The molecule has 1 amide bonds. The van der Waals surface area contributed by atoms with E-state index in [4.69, 9.17) is 27.9 Å². The maximum absolute atomic E-state index is 16.2. The Bertz CT molecular complexity index is 1870. The predicted molar refractivity (Wildman–Crippen MR) is 177 cm³/mol. The number of carboxylic acid groups (broad SMARTS) is 1. The number of carboxylic acids is 1. The molecular weight excluding hydrogens is 647 g/mol. The Morgan fingerprint density at radius 2 is 1.89 bits per heavy atom. The lowest BCUT2D eigenvalue weighted by Gasteiger charge is -2.43. The third-order valence-corrected chi connectivity index (χ3v) is 9.17. The van der Waals surface area contributed by atoms with E-state index in [2.05, 4.69) is 12.6 Å². The van der Waals surface area contributed by atoms with Crippen LogP contribution in [0, 0.1) is 28.4 Å². The summed E-state index contributed by atoms with van der Waals surface area (Å²) in [4.78, 5) is 30.1. The molecule has 1 saturated heterocycles. The number of nitrogens with zero attached hydrogens (tertiary/aromatic N) is 3. The van der Waals surface area contributed by atoms with Crippen molar-refractivity contribution < 1.29 is 28.2 Å². The van der Waals surface area contributed by atoms with Gasteiger partial charge in [-0.1, -0.05) is 68.2 Å². The molecule has 11 heteroatoms. The van der Waals surface area contributed by atoms with Gasteiger partial charge in [-0.2, -0.15) is 5.26 Å². The first-order valence-corrected chi connectivity index (χ1v) is 15.7. The maximum atomic E-state index is 16.2. The van der Waals surface area contributed by atoms with Gasteiger partial charge in [-0.05, 0) is 55.0 Å². The highest BCUT2D eigenvalue weighted by Gasteiger charge is 2.63. The van der Waals surface area contributed by atoms with Crippen molar-refractivity contribution in [1.29, 1.82) is 5.26 Å². The predicted octanol–water partition coefficient (Wildman–Crippen LogP) is 8.61. The number of carbonyl (C=O) groups is 2. The molecule has 1 fully saturated rings. The molecule has 2 aliphatic heterocycles. The van der Waals surface area contributed by atoms with Crippen LogP contribution in [-0.4, -0.2) is 41.2 Å². The molecule has 3 atom stereocenters. The number of aromatic carboxylic acids is 1. The molecule has 47 heavy (non-hydrogen) atoms. The Morgan fingerprint density at radius 3 is 2.49 bits per heavy atom. The molecule has 7 nitrogen and oxygen atoms in total. The zero-order valence-electron chi connectivity index (χ0n) is 26.3. The summed E-state index contributed by atoms with van der Waals surface area (Å²) in [6.07, 6.45) is 2.00. The number of benzene rings is 3. The van der Waals surface area contributed by atoms with Crippen LogP contribution in [0.25, 0.3) is 5.57 Å². The van der Waals surface area contributed by atoms with E-state index in [0.29, 0.717) is 18.5 Å². The highest BCUT2D eigenvalue weighted by molar-refractivity contribution is 6.31. The number of methoxy groups -OCH3 is 1. The molecule has 0 spiro atoms. The number of carbonyl (C=O) groups excluding carboxylic acids is 1. The zero-order valence-corrected chi connectivity index (χ0v) is 27.8. The van der Waals surface area contributed by atoms with Crippen LogP contribution < -0.4 is 9.64 Å². The molecule has 2 heterocycles. The van der Waals surface area contributed by atoms with Gasteiger partial charge < -0.3 is 14.7 Å². The van der Waals surface area contributed by atoms with E-state index in [1.807, 2.05) is 25.7 Å². The molecule has 0 aromatic heterocycles. The van der Waals surface area contributed by atoms with Crippen molar-refractivity contribution in [2.24, 2.45) is 5.41 Å². The van der Waals surface area contributed by atoms with E-state index < -0.39 is 46.5 Å². The number of allylic oxidation sites excluding steroid dienone is 1. The fourth-order valence-corrected chi connectivity index (χ4v) is 7.14. The van der Waals surface area contributed by atoms with Crippen molar-refractivity contribution in [1.82, 2.24) is 4.90 Å². The van der Waals surface area contributed by atoms with E-state index in [0.717, 1.165) is 6.07 Å². The highest BCUT2D eigenvalue weighted by atomic mass is 35.5. The number of nitriles is 1. The molecule has 244 valence electrons. The van der Waals surface area contributed by atoms with Crippen molar-refractivity contribution in [3.63, 3.8) is 0 Å². The van der Waals surface area contributed by atoms with Crippen molar-refractivity contribution in [3.8, 4) is 11.8 Å². The number of rotatable bonds is 9. The van der Waals surface area contributed by atoms with E-state index in [9.17, 15) is 20.0 Å². The normalized spacial score (nSPS) is 20.8. The average Bonchev–Trinajstić information content (AvgIpc) is 3.45. The molecule has 0 saturated carbocycles. The Morgan fingerprint density at radius 1 is 1.17 bits per heavy atom. The second kappa shape index (κ2) is 12.7. The van der Waals surface area contributed by atoms with E-state index in [1.165, 1.54) is 60.5 Å². The second-order valence-corrected chi connectivity index (χ2v) is 13.6. The van der Waals surface area contributed by atoms with E-state index in [-0.39, 0.29) is 50.2 Å². The monoisotopic (exact) mass is 679 g/mol. The topological polar surface area (TPSA) is 93.9 Å². The van der Waals surface area contributed by atoms with Crippen LogP contribution in [-0.2, 0) is 10.2 Å². The third-order valence-electron chi connectivity index (χ3n) is 8.65. The molecular formula is C36H33Cl2F2N3O4. The lowest BCUT2D eigenvalue weighted by atomic mass is 9.65. The van der Waals surface area contributed by atoms with Crippen molar-refractivity contribution in [2.75, 3.05) is 12.0 Å². The lowest BCUT2D eigenvalue weighted by Crippen LogP contribution is -2.52. The number of halogens is 4. The Hall–Kier alpha value is -4.39. The molecule has 3 aromatic carbocycles. The number of anilines is 1. The lowest BCUT2D eigenvalue weighted by molar-refractivity contribution is -0.114. The van der Waals surface area contributed by atoms with Gasteiger partial charge in [0, 0.05) is 33.5 Å². The first-order chi connectivity index (χ1) is 22.2. The van der Waals surface area contributed by atoms with Crippen LogP contribution in [0.3, 0.4) is 0 Å². The first kappa shape index (κ1) is 34.0. The number of hydrogen-bond donors (Lipinski definition) is 1. The summed E-state index contributed by atoms with van der Waals surface area (Å²) in [7, 11) is 1.33. The number of fused-ring (bicyclic) bond motifs is 1. The smallest absolute Gasteiger partial charge is 0.339 e. The fourth-order valence-electron chi connectivity index (χ4n) is 6.81. The molecule has 1 N–H and O–H groups in total. The van der Waals surface area contributed by atoms with Crippen LogP contribution >= 0.6 is 23.2 Å². The summed E-state index contributed by atoms with van der Waals surface area (Å²) in [6.45, 7) is 9.76. The van der Waals surface area contributed by atoms with Gasteiger partial charge in [-0.3, -0.25) is 9.69 Å². The van der Waals surface area contributed by atoms with Gasteiger partial charge >= 0.3 is 5.97 Å². The van der Waals surface area contributed by atoms with Gasteiger partial charge in [0.15, 0.2) is 0 Å². The number of ether oxygens (including phenoxy) is 1.